The maximum absolute atomic E-state index is 11.2. The summed E-state index contributed by atoms with van der Waals surface area (Å²) in [6.07, 6.45) is 0. The van der Waals surface area contributed by atoms with Gasteiger partial charge < -0.3 is 5.32 Å². The van der Waals surface area contributed by atoms with E-state index in [9.17, 15) is 4.79 Å². The molecule has 1 aliphatic heterocycles. The van der Waals surface area contributed by atoms with Crippen molar-refractivity contribution in [3.05, 3.63) is 35.9 Å². The number of hydrogen-bond donors (Lipinski definition) is 2. The molecule has 2 atom stereocenters. The summed E-state index contributed by atoms with van der Waals surface area (Å²) in [6.45, 7) is 2.55. The lowest BCUT2D eigenvalue weighted by atomic mass is 10.0. The van der Waals surface area contributed by atoms with Crippen molar-refractivity contribution >= 4 is 5.91 Å². The summed E-state index contributed by atoms with van der Waals surface area (Å²) < 4.78 is 0. The van der Waals surface area contributed by atoms with E-state index in [0.29, 0.717) is 6.54 Å². The lowest BCUT2D eigenvalue weighted by Gasteiger charge is -2.29. The van der Waals surface area contributed by atoms with Crippen LogP contribution in [0, 0.1) is 0 Å². The van der Waals surface area contributed by atoms with Gasteiger partial charge in [0, 0.05) is 6.54 Å². The average molecular weight is 190 g/mol. The predicted octanol–water partition coefficient (Wildman–Crippen LogP) is 0.836. The molecule has 0 bridgehead atoms. The largest absolute Gasteiger partial charge is 0.353 e. The molecule has 1 aliphatic rings. The summed E-state index contributed by atoms with van der Waals surface area (Å²) >= 11 is 0. The van der Waals surface area contributed by atoms with E-state index in [-0.39, 0.29) is 18.0 Å². The predicted molar refractivity (Wildman–Crippen MR) is 54.8 cm³/mol. The Bertz CT molecular complexity index is 323. The monoisotopic (exact) mass is 190 g/mol. The molecule has 0 unspecified atom stereocenters. The Kier molecular flexibility index (Phi) is 2.50. The van der Waals surface area contributed by atoms with Crippen LogP contribution in [-0.4, -0.2) is 18.5 Å². The highest BCUT2D eigenvalue weighted by molar-refractivity contribution is 5.82. The minimum absolute atomic E-state index is 0.0807. The van der Waals surface area contributed by atoms with E-state index in [2.05, 4.69) is 22.8 Å². The van der Waals surface area contributed by atoms with Crippen molar-refractivity contribution in [2.75, 3.05) is 6.54 Å². The number of piperazine rings is 1. The van der Waals surface area contributed by atoms with Crippen LogP contribution in [0.5, 0.6) is 0 Å². The van der Waals surface area contributed by atoms with Crippen LogP contribution in [0.3, 0.4) is 0 Å². The summed E-state index contributed by atoms with van der Waals surface area (Å²) in [7, 11) is 0. The first-order valence-corrected chi connectivity index (χ1v) is 4.86. The van der Waals surface area contributed by atoms with Crippen LogP contribution in [0.15, 0.2) is 30.3 Å². The Morgan fingerprint density at radius 1 is 1.29 bits per heavy atom. The van der Waals surface area contributed by atoms with Crippen LogP contribution in [0.25, 0.3) is 0 Å². The van der Waals surface area contributed by atoms with E-state index in [1.807, 2.05) is 25.1 Å². The molecule has 1 saturated heterocycles. The van der Waals surface area contributed by atoms with Gasteiger partial charge in [0.1, 0.15) is 0 Å². The summed E-state index contributed by atoms with van der Waals surface area (Å²) in [5, 5.41) is 6.15. The second-order valence-corrected chi connectivity index (χ2v) is 3.60. The first-order valence-electron chi connectivity index (χ1n) is 4.86. The quantitative estimate of drug-likeness (QED) is 0.689. The molecule has 14 heavy (non-hydrogen) atoms. The van der Waals surface area contributed by atoms with Gasteiger partial charge in [-0.05, 0) is 12.5 Å². The van der Waals surface area contributed by atoms with Crippen LogP contribution < -0.4 is 10.6 Å². The highest BCUT2D eigenvalue weighted by atomic mass is 16.2. The maximum Gasteiger partial charge on any atom is 0.236 e. The molecule has 0 radical (unpaired) electrons. The normalized spacial score (nSPS) is 27.1. The lowest BCUT2D eigenvalue weighted by molar-refractivity contribution is -0.124. The average Bonchev–Trinajstić information content (AvgIpc) is 2.23. The van der Waals surface area contributed by atoms with Crippen molar-refractivity contribution in [1.82, 2.24) is 10.6 Å². The number of benzene rings is 1. The number of amides is 1. The molecule has 1 aromatic carbocycles. The van der Waals surface area contributed by atoms with Gasteiger partial charge in [0.25, 0.3) is 0 Å². The molecule has 1 amide bonds. The molecule has 74 valence electrons. The number of carbonyl (C=O) groups is 1. The highest BCUT2D eigenvalue weighted by Crippen LogP contribution is 2.14. The van der Waals surface area contributed by atoms with Gasteiger partial charge >= 0.3 is 0 Å². The molecular formula is C11H14N2O. The van der Waals surface area contributed by atoms with Crippen molar-refractivity contribution in [3.63, 3.8) is 0 Å². The van der Waals surface area contributed by atoms with Crippen molar-refractivity contribution < 1.29 is 4.79 Å². The van der Waals surface area contributed by atoms with Crippen LogP contribution in [0.2, 0.25) is 0 Å². The van der Waals surface area contributed by atoms with Crippen molar-refractivity contribution in [1.29, 1.82) is 0 Å². The fourth-order valence-electron chi connectivity index (χ4n) is 1.69. The smallest absolute Gasteiger partial charge is 0.236 e. The summed E-state index contributed by atoms with van der Waals surface area (Å²) in [6, 6.07) is 10.3. The second kappa shape index (κ2) is 3.80. The first-order chi connectivity index (χ1) is 6.77. The lowest BCUT2D eigenvalue weighted by Crippen LogP contribution is -2.52. The molecule has 1 fully saturated rings. The first kappa shape index (κ1) is 9.21. The van der Waals surface area contributed by atoms with Crippen LogP contribution in [0.1, 0.15) is 18.5 Å². The Morgan fingerprint density at radius 3 is 2.64 bits per heavy atom. The van der Waals surface area contributed by atoms with Crippen LogP contribution >= 0.6 is 0 Å². The molecule has 3 heteroatoms. The third-order valence-electron chi connectivity index (χ3n) is 2.53. The van der Waals surface area contributed by atoms with Gasteiger partial charge in [-0.15, -0.1) is 0 Å². The van der Waals surface area contributed by atoms with Gasteiger partial charge in [0.15, 0.2) is 0 Å². The SMILES string of the molecule is C[C@@H]1N[C@H](c2ccccc2)CNC1=O. The number of rotatable bonds is 1. The highest BCUT2D eigenvalue weighted by Gasteiger charge is 2.24. The summed E-state index contributed by atoms with van der Waals surface area (Å²) in [5.74, 6) is 0.0807. The Labute approximate surface area is 83.5 Å². The van der Waals surface area contributed by atoms with Gasteiger partial charge in [-0.2, -0.15) is 0 Å². The van der Waals surface area contributed by atoms with Gasteiger partial charge in [0.2, 0.25) is 5.91 Å². The number of hydrogen-bond acceptors (Lipinski definition) is 2. The molecule has 2 N–H and O–H groups in total. The van der Waals surface area contributed by atoms with E-state index in [1.54, 1.807) is 0 Å². The zero-order valence-corrected chi connectivity index (χ0v) is 8.16. The van der Waals surface area contributed by atoms with Crippen molar-refractivity contribution in [2.45, 2.75) is 19.0 Å². The Morgan fingerprint density at radius 2 is 2.00 bits per heavy atom. The van der Waals surface area contributed by atoms with Crippen molar-refractivity contribution in [3.8, 4) is 0 Å². The molecule has 2 rings (SSSR count). The standard InChI is InChI=1S/C11H14N2O/c1-8-11(14)12-7-10(13-8)9-5-3-2-4-6-9/h2-6,8,10,13H,7H2,1H3,(H,12,14)/t8-,10-/m0/s1. The molecule has 0 spiro atoms. The van der Waals surface area contributed by atoms with Crippen LogP contribution in [0.4, 0.5) is 0 Å². The topological polar surface area (TPSA) is 41.1 Å². The van der Waals surface area contributed by atoms with E-state index >= 15 is 0 Å². The molecule has 0 saturated carbocycles. The fraction of sp³-hybridized carbons (Fsp3) is 0.364. The fourth-order valence-corrected chi connectivity index (χ4v) is 1.69. The van der Waals surface area contributed by atoms with E-state index in [4.69, 9.17) is 0 Å². The van der Waals surface area contributed by atoms with Gasteiger partial charge in [-0.25, -0.2) is 0 Å². The third kappa shape index (κ3) is 1.77. The summed E-state index contributed by atoms with van der Waals surface area (Å²) in [5.41, 5.74) is 1.22. The van der Waals surface area contributed by atoms with Gasteiger partial charge in [-0.1, -0.05) is 30.3 Å². The molecule has 1 aromatic rings. The van der Waals surface area contributed by atoms with Gasteiger partial charge in [0.05, 0.1) is 12.1 Å². The molecule has 0 aromatic heterocycles. The number of nitrogens with one attached hydrogen (secondary N) is 2. The van der Waals surface area contributed by atoms with E-state index in [0.717, 1.165) is 0 Å². The minimum atomic E-state index is -0.103. The minimum Gasteiger partial charge on any atom is -0.353 e. The molecule has 1 heterocycles. The molecular weight excluding hydrogens is 176 g/mol. The summed E-state index contributed by atoms with van der Waals surface area (Å²) in [4.78, 5) is 11.2. The Hall–Kier alpha value is -1.35. The van der Waals surface area contributed by atoms with E-state index in [1.165, 1.54) is 5.56 Å². The second-order valence-electron chi connectivity index (χ2n) is 3.60. The number of carbonyl (C=O) groups excluding carboxylic acids is 1. The van der Waals surface area contributed by atoms with E-state index < -0.39 is 0 Å². The van der Waals surface area contributed by atoms with Crippen molar-refractivity contribution in [2.24, 2.45) is 0 Å². The molecule has 3 nitrogen and oxygen atoms in total. The molecule has 0 aliphatic carbocycles. The third-order valence-corrected chi connectivity index (χ3v) is 2.53. The zero-order chi connectivity index (χ0) is 9.97. The maximum atomic E-state index is 11.2. The van der Waals surface area contributed by atoms with Gasteiger partial charge in [-0.3, -0.25) is 10.1 Å². The zero-order valence-electron chi connectivity index (χ0n) is 8.16. The Balaban J connectivity index is 2.11. The van der Waals surface area contributed by atoms with Crippen LogP contribution in [-0.2, 0) is 4.79 Å².